The van der Waals surface area contributed by atoms with Gasteiger partial charge < -0.3 is 19.9 Å². The van der Waals surface area contributed by atoms with Crippen LogP contribution in [0.3, 0.4) is 0 Å². The van der Waals surface area contributed by atoms with E-state index in [2.05, 4.69) is 10.5 Å². The fourth-order valence-electron chi connectivity index (χ4n) is 5.50. The predicted octanol–water partition coefficient (Wildman–Crippen LogP) is 3.87. The van der Waals surface area contributed by atoms with Crippen molar-refractivity contribution in [2.24, 2.45) is 17.0 Å². The van der Waals surface area contributed by atoms with Crippen LogP contribution in [-0.2, 0) is 32.5 Å². The number of amides is 1. The number of aliphatic hydroxyl groups excluding tert-OH is 1. The molecule has 1 saturated heterocycles. The second-order valence-electron chi connectivity index (χ2n) is 11.1. The average Bonchev–Trinajstić information content (AvgIpc) is 3.51. The molecule has 0 spiro atoms. The number of sulfonamides is 1. The molecule has 1 amide bonds. The zero-order chi connectivity index (χ0) is 28.7. The van der Waals surface area contributed by atoms with Crippen molar-refractivity contribution in [2.45, 2.75) is 75.3 Å². The van der Waals surface area contributed by atoms with Gasteiger partial charge in [0.05, 0.1) is 23.1 Å². The largest absolute Gasteiger partial charge is 0.446 e. The third-order valence-corrected chi connectivity index (χ3v) is 9.36. The Hall–Kier alpha value is -2.86. The van der Waals surface area contributed by atoms with Crippen LogP contribution in [0.25, 0.3) is 0 Å². The van der Waals surface area contributed by atoms with Gasteiger partial charge in [0, 0.05) is 26.1 Å². The Morgan fingerprint density at radius 1 is 1.10 bits per heavy atom. The van der Waals surface area contributed by atoms with E-state index < -0.39 is 28.3 Å². The minimum absolute atomic E-state index is 0.0185. The molecular formula is C29H39N3O7S. The van der Waals surface area contributed by atoms with Gasteiger partial charge in [-0.15, -0.1) is 0 Å². The van der Waals surface area contributed by atoms with Crippen molar-refractivity contribution in [1.29, 1.82) is 0 Å². The fourth-order valence-corrected chi connectivity index (χ4v) is 7.13. The highest BCUT2D eigenvalue weighted by molar-refractivity contribution is 7.89. The number of carbonyl (C=O) groups excluding carboxylic acids is 1. The smallest absolute Gasteiger partial charge is 0.407 e. The summed E-state index contributed by atoms with van der Waals surface area (Å²) in [6.07, 6.45) is 0.700. The molecule has 1 heterocycles. The predicted molar refractivity (Wildman–Crippen MR) is 150 cm³/mol. The number of aliphatic hydroxyl groups is 1. The third kappa shape index (κ3) is 7.87. The molecule has 2 N–H and O–H groups in total. The summed E-state index contributed by atoms with van der Waals surface area (Å²) in [5.41, 5.74) is 1.49. The molecule has 2 unspecified atom stereocenters. The highest BCUT2D eigenvalue weighted by atomic mass is 32.2. The van der Waals surface area contributed by atoms with Gasteiger partial charge in [-0.25, -0.2) is 13.2 Å². The Labute approximate surface area is 236 Å². The van der Waals surface area contributed by atoms with E-state index in [9.17, 15) is 23.2 Å². The highest BCUT2D eigenvalue weighted by Gasteiger charge is 2.40. The summed E-state index contributed by atoms with van der Waals surface area (Å²) in [5, 5.41) is 17.0. The van der Waals surface area contributed by atoms with Crippen LogP contribution in [0.15, 0.2) is 64.7 Å². The summed E-state index contributed by atoms with van der Waals surface area (Å²) in [7, 11) is -3.98. The first-order chi connectivity index (χ1) is 19.2. The Morgan fingerprint density at radius 2 is 1.82 bits per heavy atom. The van der Waals surface area contributed by atoms with Crippen LogP contribution in [0, 0.1) is 16.7 Å². The van der Waals surface area contributed by atoms with Crippen molar-refractivity contribution >= 4 is 16.1 Å². The van der Waals surface area contributed by atoms with E-state index >= 15 is 0 Å². The van der Waals surface area contributed by atoms with Gasteiger partial charge in [-0.05, 0) is 54.4 Å². The number of benzene rings is 2. The van der Waals surface area contributed by atoms with E-state index in [-0.39, 0.29) is 42.7 Å². The molecule has 10 nitrogen and oxygen atoms in total. The molecule has 4 rings (SSSR count). The molecular weight excluding hydrogens is 534 g/mol. The molecule has 0 radical (unpaired) electrons. The van der Waals surface area contributed by atoms with Crippen LogP contribution in [0.4, 0.5) is 4.79 Å². The number of hydrogen-bond donors (Lipinski definition) is 2. The summed E-state index contributed by atoms with van der Waals surface area (Å²) >= 11 is 0. The molecule has 5 atom stereocenters. The Balaban J connectivity index is 1.49. The molecule has 2 aromatic rings. The lowest BCUT2D eigenvalue weighted by atomic mass is 10.0. The molecule has 2 aromatic carbocycles. The van der Waals surface area contributed by atoms with Gasteiger partial charge in [-0.3, -0.25) is 0 Å². The van der Waals surface area contributed by atoms with Crippen molar-refractivity contribution in [3.8, 4) is 0 Å². The maximum atomic E-state index is 13.6. The van der Waals surface area contributed by atoms with Crippen molar-refractivity contribution < 1.29 is 27.8 Å². The topological polar surface area (TPSA) is 135 Å². The number of carbonyl (C=O) groups is 1. The number of rotatable bonds is 13. The zero-order valence-electron chi connectivity index (χ0n) is 23.0. The van der Waals surface area contributed by atoms with Gasteiger partial charge in [0.1, 0.15) is 12.6 Å². The Morgan fingerprint density at radius 3 is 2.48 bits per heavy atom. The molecule has 11 heteroatoms. The summed E-state index contributed by atoms with van der Waals surface area (Å²) in [6.45, 7) is 4.43. The highest BCUT2D eigenvalue weighted by Crippen LogP contribution is 2.37. The first-order valence-corrected chi connectivity index (χ1v) is 15.3. The number of nitrogens with zero attached hydrogens (tertiary/aromatic N) is 2. The first-order valence-electron chi connectivity index (χ1n) is 13.8. The molecule has 0 bridgehead atoms. The molecule has 1 saturated carbocycles. The Bertz CT molecular complexity index is 1210. The minimum Gasteiger partial charge on any atom is -0.446 e. The molecule has 2 aliphatic rings. The summed E-state index contributed by atoms with van der Waals surface area (Å²) in [5.74, 6) is 0.386. The third-order valence-electron chi connectivity index (χ3n) is 7.51. The number of ether oxygens (including phenoxy) is 2. The van der Waals surface area contributed by atoms with Crippen LogP contribution in [-0.4, -0.2) is 68.0 Å². The standard InChI is InChI=1S/C29H39N3O7S/c1-20(2)18-32(40(36,37)25-10-8-22(9-11-25)17-30-35)19-27(33)26(14-21-6-4-3-5-7-21)31-29(34)39-24-15-23-12-13-38-28(23)16-24/h3-11,20,23-24,26-28,33H,12-19H2,1-2H3,(H,31,34)/t23?,24?,26-,27+,28+/m0/s1. The lowest BCUT2D eigenvalue weighted by Gasteiger charge is -2.31. The van der Waals surface area contributed by atoms with Gasteiger partial charge in [0.25, 0.3) is 0 Å². The van der Waals surface area contributed by atoms with E-state index in [4.69, 9.17) is 9.47 Å². The van der Waals surface area contributed by atoms with Crippen LogP contribution >= 0.6 is 0 Å². The average molecular weight is 574 g/mol. The van der Waals surface area contributed by atoms with Gasteiger partial charge in [0.15, 0.2) is 0 Å². The van der Waals surface area contributed by atoms with E-state index in [0.717, 1.165) is 25.0 Å². The molecule has 1 aliphatic heterocycles. The molecule has 1 aliphatic carbocycles. The van der Waals surface area contributed by atoms with Gasteiger partial charge in [-0.2, -0.15) is 9.21 Å². The van der Waals surface area contributed by atoms with E-state index in [1.165, 1.54) is 16.4 Å². The van der Waals surface area contributed by atoms with Crippen molar-refractivity contribution in [2.75, 3.05) is 19.7 Å². The molecule has 2 fully saturated rings. The second kappa shape index (κ2) is 13.7. The van der Waals surface area contributed by atoms with E-state index in [0.29, 0.717) is 24.3 Å². The number of nitroso groups, excluding NO2 is 1. The number of nitrogens with one attached hydrogen (secondary N) is 1. The fraction of sp³-hybridized carbons (Fsp3) is 0.552. The lowest BCUT2D eigenvalue weighted by molar-refractivity contribution is 0.0554. The van der Waals surface area contributed by atoms with Crippen LogP contribution in [0.5, 0.6) is 0 Å². The SMILES string of the molecule is CC(C)CN(C[C@@H](O)[C@H](Cc1ccccc1)NC(=O)OC1CC2CCO[C@@H]2C1)S(=O)(=O)c1ccc(CN=O)cc1. The van der Waals surface area contributed by atoms with Gasteiger partial charge >= 0.3 is 6.09 Å². The monoisotopic (exact) mass is 573 g/mol. The molecule has 40 heavy (non-hydrogen) atoms. The minimum atomic E-state index is -3.98. The Kier molecular flexibility index (Phi) is 10.3. The second-order valence-corrected chi connectivity index (χ2v) is 13.0. The van der Waals surface area contributed by atoms with Crippen molar-refractivity contribution in [1.82, 2.24) is 9.62 Å². The van der Waals surface area contributed by atoms with Crippen LogP contribution in [0.2, 0.25) is 0 Å². The zero-order valence-corrected chi connectivity index (χ0v) is 23.8. The number of fused-ring (bicyclic) bond motifs is 1. The van der Waals surface area contributed by atoms with Crippen molar-refractivity contribution in [3.63, 3.8) is 0 Å². The van der Waals surface area contributed by atoms with E-state index in [1.807, 2.05) is 44.2 Å². The van der Waals surface area contributed by atoms with Crippen LogP contribution in [0.1, 0.15) is 44.2 Å². The number of alkyl carbamates (subject to hydrolysis) is 1. The maximum Gasteiger partial charge on any atom is 0.407 e. The summed E-state index contributed by atoms with van der Waals surface area (Å²) < 4.78 is 39.9. The first kappa shape index (κ1) is 30.1. The van der Waals surface area contributed by atoms with Gasteiger partial charge in [-0.1, -0.05) is 61.5 Å². The summed E-state index contributed by atoms with van der Waals surface area (Å²) in [6, 6.07) is 14.6. The van der Waals surface area contributed by atoms with Crippen molar-refractivity contribution in [3.05, 3.63) is 70.6 Å². The van der Waals surface area contributed by atoms with E-state index in [1.54, 1.807) is 12.1 Å². The number of hydrogen-bond acceptors (Lipinski definition) is 8. The maximum absolute atomic E-state index is 13.6. The lowest BCUT2D eigenvalue weighted by Crippen LogP contribution is -2.51. The molecule has 218 valence electrons. The molecule has 0 aromatic heterocycles. The van der Waals surface area contributed by atoms with Crippen LogP contribution < -0.4 is 5.32 Å². The van der Waals surface area contributed by atoms with Gasteiger partial charge in [0.2, 0.25) is 10.0 Å². The quantitative estimate of drug-likeness (QED) is 0.348. The summed E-state index contributed by atoms with van der Waals surface area (Å²) in [4.78, 5) is 23.6. The normalized spacial score (nSPS) is 22.2.